The lowest BCUT2D eigenvalue weighted by Gasteiger charge is -2.13. The number of hydrogen-bond donors (Lipinski definition) is 0. The summed E-state index contributed by atoms with van der Waals surface area (Å²) in [6.45, 7) is 10.5. The number of hydrogen-bond acceptors (Lipinski definition) is 4. The first-order chi connectivity index (χ1) is 25.0. The number of unbranched alkanes of at least 4 members (excludes halogenated alkanes) is 20. The molecule has 0 unspecified atom stereocenters. The van der Waals surface area contributed by atoms with E-state index in [0.29, 0.717) is 13.2 Å². The minimum absolute atomic E-state index is 0.0794. The molecule has 0 spiro atoms. The molecule has 3 rings (SSSR count). The van der Waals surface area contributed by atoms with E-state index in [1.165, 1.54) is 147 Å². The Morgan fingerprint density at radius 2 is 1.10 bits per heavy atom. The van der Waals surface area contributed by atoms with Crippen molar-refractivity contribution < 1.29 is 14.3 Å². The summed E-state index contributed by atoms with van der Waals surface area (Å²) >= 11 is 1.56. The van der Waals surface area contributed by atoms with Gasteiger partial charge in [0.05, 0.1) is 23.0 Å². The molecule has 3 nitrogen and oxygen atoms in total. The van der Waals surface area contributed by atoms with Crippen molar-refractivity contribution in [1.82, 2.24) is 0 Å². The Labute approximate surface area is 318 Å². The van der Waals surface area contributed by atoms with Crippen LogP contribution in [0.5, 0.6) is 11.5 Å². The molecule has 0 aromatic heterocycles. The number of ether oxygens (including phenoxy) is 2. The third-order valence-electron chi connectivity index (χ3n) is 10.3. The highest BCUT2D eigenvalue weighted by Crippen LogP contribution is 2.48. The highest BCUT2D eigenvalue weighted by molar-refractivity contribution is 8.05. The standard InChI is InChI=1S/C47H74O3S/c1-5-7-9-11-13-15-17-19-21-23-25-34-49-42-37-43-46(48)45(36-41-32-30-40(31-33-41)29-27-28-39(3)4)51-47(43)44(38-42)50-35-26-24-22-20-18-16-14-12-10-8-6-2/h30-33,36-39H,5-29,34-35H2,1-4H3. The molecule has 51 heavy (non-hydrogen) atoms. The van der Waals surface area contributed by atoms with Crippen LogP contribution in [0.2, 0.25) is 0 Å². The summed E-state index contributed by atoms with van der Waals surface area (Å²) in [4.78, 5) is 15.4. The molecule has 4 heteroatoms. The lowest BCUT2D eigenvalue weighted by atomic mass is 10.0. The molecule has 0 amide bonds. The van der Waals surface area contributed by atoms with Crippen LogP contribution in [0.25, 0.3) is 6.08 Å². The smallest absolute Gasteiger partial charge is 0.201 e. The van der Waals surface area contributed by atoms with Crippen LogP contribution in [0.1, 0.15) is 203 Å². The molecule has 0 fully saturated rings. The molecular weight excluding hydrogens is 645 g/mol. The van der Waals surface area contributed by atoms with Crippen molar-refractivity contribution in [3.05, 3.63) is 58.0 Å². The third-order valence-corrected chi connectivity index (χ3v) is 11.4. The number of Topliss-reactive ketones (excluding diaryl/α,β-unsaturated/α-hetero) is 1. The Hall–Kier alpha value is -2.20. The maximum atomic E-state index is 13.7. The van der Waals surface area contributed by atoms with Gasteiger partial charge < -0.3 is 9.47 Å². The first-order valence-corrected chi connectivity index (χ1v) is 22.3. The Morgan fingerprint density at radius 3 is 1.61 bits per heavy atom. The lowest BCUT2D eigenvalue weighted by molar-refractivity contribution is 0.104. The zero-order chi connectivity index (χ0) is 36.4. The Bertz CT molecular complexity index is 1230. The van der Waals surface area contributed by atoms with Gasteiger partial charge in [0.1, 0.15) is 11.5 Å². The van der Waals surface area contributed by atoms with E-state index in [2.05, 4.69) is 52.0 Å². The van der Waals surface area contributed by atoms with E-state index < -0.39 is 0 Å². The maximum Gasteiger partial charge on any atom is 0.201 e. The molecule has 0 bridgehead atoms. The lowest BCUT2D eigenvalue weighted by Crippen LogP contribution is -2.03. The van der Waals surface area contributed by atoms with Crippen LogP contribution in [-0.4, -0.2) is 19.0 Å². The Balaban J connectivity index is 1.51. The molecule has 0 aliphatic carbocycles. The predicted octanol–water partition coefficient (Wildman–Crippen LogP) is 15.4. The second-order valence-electron chi connectivity index (χ2n) is 15.5. The fourth-order valence-corrected chi connectivity index (χ4v) is 8.07. The molecule has 0 saturated heterocycles. The van der Waals surface area contributed by atoms with Gasteiger partial charge in [0.25, 0.3) is 0 Å². The second-order valence-corrected chi connectivity index (χ2v) is 16.6. The van der Waals surface area contributed by atoms with Gasteiger partial charge in [-0.15, -0.1) is 0 Å². The van der Waals surface area contributed by atoms with Crippen molar-refractivity contribution in [2.75, 3.05) is 13.2 Å². The van der Waals surface area contributed by atoms with Crippen molar-refractivity contribution >= 4 is 23.6 Å². The fourth-order valence-electron chi connectivity index (χ4n) is 6.98. The monoisotopic (exact) mass is 719 g/mol. The van der Waals surface area contributed by atoms with E-state index in [4.69, 9.17) is 9.47 Å². The van der Waals surface area contributed by atoms with Crippen molar-refractivity contribution in [3.63, 3.8) is 0 Å². The van der Waals surface area contributed by atoms with E-state index in [9.17, 15) is 4.79 Å². The summed E-state index contributed by atoms with van der Waals surface area (Å²) in [7, 11) is 0. The van der Waals surface area contributed by atoms with E-state index in [0.717, 1.165) is 57.6 Å². The molecule has 1 aliphatic heterocycles. The fraction of sp³-hybridized carbons (Fsp3) is 0.681. The molecule has 0 saturated carbocycles. The van der Waals surface area contributed by atoms with Crippen molar-refractivity contribution in [1.29, 1.82) is 0 Å². The average Bonchev–Trinajstić information content (AvgIpc) is 3.44. The Morgan fingerprint density at radius 1 is 0.608 bits per heavy atom. The van der Waals surface area contributed by atoms with Crippen LogP contribution in [0.3, 0.4) is 0 Å². The number of thioether (sulfide) groups is 1. The van der Waals surface area contributed by atoms with Crippen molar-refractivity contribution in [2.24, 2.45) is 5.92 Å². The van der Waals surface area contributed by atoms with Gasteiger partial charge in [-0.1, -0.05) is 199 Å². The van der Waals surface area contributed by atoms with Gasteiger partial charge in [-0.05, 0) is 54.9 Å². The van der Waals surface area contributed by atoms with Crippen LogP contribution in [-0.2, 0) is 6.42 Å². The number of carbonyl (C=O) groups is 1. The first-order valence-electron chi connectivity index (χ1n) is 21.5. The number of carbonyl (C=O) groups excluding carboxylic acids is 1. The number of benzene rings is 2. The van der Waals surface area contributed by atoms with Crippen LogP contribution >= 0.6 is 11.8 Å². The Kier molecular flexibility index (Phi) is 23.2. The number of allylic oxidation sites excluding steroid dienone is 1. The molecule has 0 N–H and O–H groups in total. The van der Waals surface area contributed by atoms with Crippen molar-refractivity contribution in [3.8, 4) is 11.5 Å². The maximum absolute atomic E-state index is 13.7. The van der Waals surface area contributed by atoms with E-state index >= 15 is 0 Å². The van der Waals surface area contributed by atoms with Gasteiger partial charge in [0.15, 0.2) is 0 Å². The third kappa shape index (κ3) is 18.4. The molecule has 2 aromatic rings. The van der Waals surface area contributed by atoms with E-state index in [1.54, 1.807) is 11.8 Å². The van der Waals surface area contributed by atoms with Gasteiger partial charge in [0, 0.05) is 11.6 Å². The van der Waals surface area contributed by atoms with Crippen LogP contribution < -0.4 is 9.47 Å². The summed E-state index contributed by atoms with van der Waals surface area (Å²) in [5, 5.41) is 0. The minimum Gasteiger partial charge on any atom is -0.493 e. The zero-order valence-corrected chi connectivity index (χ0v) is 34.2. The topological polar surface area (TPSA) is 35.5 Å². The summed E-state index contributed by atoms with van der Waals surface area (Å²) in [5.41, 5.74) is 3.16. The van der Waals surface area contributed by atoms with Gasteiger partial charge in [-0.25, -0.2) is 0 Å². The van der Waals surface area contributed by atoms with Crippen LogP contribution in [0, 0.1) is 5.92 Å². The van der Waals surface area contributed by atoms with Gasteiger partial charge in [-0.3, -0.25) is 4.79 Å². The van der Waals surface area contributed by atoms with Crippen molar-refractivity contribution in [2.45, 2.75) is 193 Å². The molecule has 2 aromatic carbocycles. The summed E-state index contributed by atoms with van der Waals surface area (Å²) < 4.78 is 12.7. The SMILES string of the molecule is CCCCCCCCCCCCCOc1cc(OCCCCCCCCCCCCC)c2c(c1)C(=O)C(=Cc1ccc(CCCC(C)C)cc1)S2. The second kappa shape index (κ2) is 27.4. The highest BCUT2D eigenvalue weighted by atomic mass is 32.2. The van der Waals surface area contributed by atoms with Crippen LogP contribution in [0.15, 0.2) is 46.2 Å². The largest absolute Gasteiger partial charge is 0.493 e. The average molecular weight is 719 g/mol. The molecular formula is C47H74O3S. The highest BCUT2D eigenvalue weighted by Gasteiger charge is 2.30. The predicted molar refractivity (Wildman–Crippen MR) is 223 cm³/mol. The number of aryl methyl sites for hydroxylation is 1. The quantitative estimate of drug-likeness (QED) is 0.0574. The molecule has 0 atom stereocenters. The number of ketones is 1. The molecule has 0 radical (unpaired) electrons. The summed E-state index contributed by atoms with van der Waals surface area (Å²) in [5.74, 6) is 2.38. The van der Waals surface area contributed by atoms with Gasteiger partial charge in [0.2, 0.25) is 5.78 Å². The molecule has 1 aliphatic rings. The van der Waals surface area contributed by atoms with E-state index in [-0.39, 0.29) is 5.78 Å². The molecule has 286 valence electrons. The minimum atomic E-state index is 0.0794. The van der Waals surface area contributed by atoms with Gasteiger partial charge >= 0.3 is 0 Å². The summed E-state index contributed by atoms with van der Waals surface area (Å²) in [6, 6.07) is 12.7. The first kappa shape index (κ1) is 43.2. The zero-order valence-electron chi connectivity index (χ0n) is 33.3. The molecule has 1 heterocycles. The number of rotatable bonds is 31. The van der Waals surface area contributed by atoms with E-state index in [1.807, 2.05) is 18.2 Å². The van der Waals surface area contributed by atoms with Gasteiger partial charge in [-0.2, -0.15) is 0 Å². The normalized spacial score (nSPS) is 13.4. The van der Waals surface area contributed by atoms with Crippen LogP contribution in [0.4, 0.5) is 0 Å². The number of fused-ring (bicyclic) bond motifs is 1. The summed E-state index contributed by atoms with van der Waals surface area (Å²) in [6.07, 6.45) is 34.6.